The second-order valence-electron chi connectivity index (χ2n) is 7.06. The summed E-state index contributed by atoms with van der Waals surface area (Å²) in [5, 5.41) is 11.1. The van der Waals surface area contributed by atoms with E-state index in [0.717, 1.165) is 11.3 Å². The molecule has 2 bridgehead atoms. The van der Waals surface area contributed by atoms with Gasteiger partial charge in [0.05, 0.1) is 22.4 Å². The number of halogens is 1. The predicted octanol–water partition coefficient (Wildman–Crippen LogP) is 2.81. The third-order valence-corrected chi connectivity index (χ3v) is 6.37. The second-order valence-corrected chi connectivity index (χ2v) is 7.47. The molecule has 6 rings (SSSR count). The van der Waals surface area contributed by atoms with E-state index < -0.39 is 4.92 Å². The summed E-state index contributed by atoms with van der Waals surface area (Å²) in [7, 11) is 0. The van der Waals surface area contributed by atoms with Gasteiger partial charge in [-0.1, -0.05) is 23.8 Å². The van der Waals surface area contributed by atoms with Crippen LogP contribution in [0.25, 0.3) is 0 Å². The van der Waals surface area contributed by atoms with Crippen molar-refractivity contribution in [3.63, 3.8) is 0 Å². The first-order chi connectivity index (χ1) is 11.5. The monoisotopic (exact) mass is 344 g/mol. The van der Waals surface area contributed by atoms with Gasteiger partial charge in [0.15, 0.2) is 0 Å². The van der Waals surface area contributed by atoms with Crippen LogP contribution in [0.4, 0.5) is 11.4 Å². The molecule has 1 aromatic rings. The van der Waals surface area contributed by atoms with E-state index in [1.807, 2.05) is 0 Å². The smallest absolute Gasteiger partial charge is 0.274 e. The second kappa shape index (κ2) is 4.45. The Morgan fingerprint density at radius 3 is 2.21 bits per heavy atom. The normalized spacial score (nSPS) is 38.3. The van der Waals surface area contributed by atoms with Gasteiger partial charge in [0.2, 0.25) is 11.8 Å². The maximum absolute atomic E-state index is 12.9. The third kappa shape index (κ3) is 1.61. The van der Waals surface area contributed by atoms with Crippen LogP contribution in [0.1, 0.15) is 6.42 Å². The lowest BCUT2D eigenvalue weighted by Gasteiger charge is -2.37. The molecule has 0 aromatic heterocycles. The summed E-state index contributed by atoms with van der Waals surface area (Å²) in [5.74, 6) is 0.229. The van der Waals surface area contributed by atoms with Gasteiger partial charge in [-0.15, -0.1) is 0 Å². The van der Waals surface area contributed by atoms with E-state index >= 15 is 0 Å². The molecule has 5 aliphatic rings. The SMILES string of the molecule is O=C1[C@@H]2[C@H]3C=C[C@@H]([C@@H]4C[C@@H]34)[C@@H]2C(=O)N1c1ccc(Cl)c([N+](=O)[O-])c1. The van der Waals surface area contributed by atoms with E-state index in [-0.39, 0.29) is 51.9 Å². The van der Waals surface area contributed by atoms with Crippen molar-refractivity contribution >= 4 is 34.8 Å². The standard InChI is InChI=1S/C17H13ClN2O4/c18-12-4-1-7(5-13(12)20(23)24)19-16(21)14-8-2-3-9(11-6-10(8)11)15(14)17(19)22/h1-5,8-11,14-15H,6H2/t8-,9-,10-,11-,14-,15+/m0/s1. The Kier molecular flexibility index (Phi) is 2.62. The van der Waals surface area contributed by atoms with E-state index in [1.54, 1.807) is 0 Å². The first-order valence-electron chi connectivity index (χ1n) is 7.99. The van der Waals surface area contributed by atoms with E-state index in [0.29, 0.717) is 11.8 Å². The molecule has 1 saturated heterocycles. The van der Waals surface area contributed by atoms with Gasteiger partial charge in [-0.2, -0.15) is 0 Å². The number of carbonyl (C=O) groups excluding carboxylic acids is 2. The molecule has 24 heavy (non-hydrogen) atoms. The molecule has 0 unspecified atom stereocenters. The maximum Gasteiger partial charge on any atom is 0.289 e. The Labute approximate surface area is 142 Å². The van der Waals surface area contributed by atoms with Gasteiger partial charge < -0.3 is 0 Å². The highest BCUT2D eigenvalue weighted by Gasteiger charge is 2.67. The number of carbonyl (C=O) groups is 2. The van der Waals surface area contributed by atoms with Gasteiger partial charge in [-0.3, -0.25) is 19.7 Å². The van der Waals surface area contributed by atoms with Gasteiger partial charge in [-0.05, 0) is 42.2 Å². The summed E-state index contributed by atoms with van der Waals surface area (Å²) >= 11 is 5.83. The number of hydrogen-bond acceptors (Lipinski definition) is 4. The Hall–Kier alpha value is -2.21. The minimum Gasteiger partial charge on any atom is -0.274 e. The average molecular weight is 345 g/mol. The van der Waals surface area contributed by atoms with Gasteiger partial charge in [-0.25, -0.2) is 4.90 Å². The molecule has 122 valence electrons. The lowest BCUT2D eigenvalue weighted by atomic mass is 9.63. The number of imide groups is 1. The lowest BCUT2D eigenvalue weighted by Crippen LogP contribution is -2.40. The van der Waals surface area contributed by atoms with Crippen LogP contribution >= 0.6 is 11.6 Å². The van der Waals surface area contributed by atoms with Crippen LogP contribution in [0.3, 0.4) is 0 Å². The zero-order chi connectivity index (χ0) is 16.7. The Balaban J connectivity index is 1.57. The lowest BCUT2D eigenvalue weighted by molar-refractivity contribution is -0.384. The molecule has 0 spiro atoms. The van der Waals surface area contributed by atoms with Gasteiger partial charge >= 0.3 is 0 Å². The summed E-state index contributed by atoms with van der Waals surface area (Å²) in [4.78, 5) is 37.5. The van der Waals surface area contributed by atoms with Gasteiger partial charge in [0, 0.05) is 6.07 Å². The van der Waals surface area contributed by atoms with Crippen LogP contribution in [-0.4, -0.2) is 16.7 Å². The number of allylic oxidation sites excluding steroid dienone is 2. The Morgan fingerprint density at radius 1 is 1.08 bits per heavy atom. The number of nitro benzene ring substituents is 1. The molecule has 0 N–H and O–H groups in total. The summed E-state index contributed by atoms with van der Waals surface area (Å²) in [5.41, 5.74) is -0.0582. The fourth-order valence-corrected chi connectivity index (χ4v) is 5.18. The van der Waals surface area contributed by atoms with Crippen molar-refractivity contribution in [2.75, 3.05) is 4.90 Å². The topological polar surface area (TPSA) is 80.5 Å². The molecule has 1 aromatic carbocycles. The largest absolute Gasteiger partial charge is 0.289 e. The van der Waals surface area contributed by atoms with Crippen molar-refractivity contribution in [3.05, 3.63) is 45.5 Å². The molecule has 6 atom stereocenters. The molecule has 1 aliphatic heterocycles. The number of amides is 2. The van der Waals surface area contributed by atoms with Crippen LogP contribution in [-0.2, 0) is 9.59 Å². The maximum atomic E-state index is 12.9. The van der Waals surface area contributed by atoms with Crippen LogP contribution in [0, 0.1) is 45.6 Å². The fourth-order valence-electron chi connectivity index (χ4n) is 4.99. The molecular formula is C17H13ClN2O4. The molecule has 2 saturated carbocycles. The number of nitro groups is 1. The van der Waals surface area contributed by atoms with E-state index in [9.17, 15) is 19.7 Å². The van der Waals surface area contributed by atoms with Crippen LogP contribution in [0.5, 0.6) is 0 Å². The van der Waals surface area contributed by atoms with Crippen molar-refractivity contribution in [2.24, 2.45) is 35.5 Å². The van der Waals surface area contributed by atoms with E-state index in [2.05, 4.69) is 12.2 Å². The molecule has 4 aliphatic carbocycles. The molecule has 0 radical (unpaired) electrons. The zero-order valence-electron chi connectivity index (χ0n) is 12.5. The highest BCUT2D eigenvalue weighted by molar-refractivity contribution is 6.33. The predicted molar refractivity (Wildman–Crippen MR) is 85.3 cm³/mol. The van der Waals surface area contributed by atoms with E-state index in [1.165, 1.54) is 18.2 Å². The van der Waals surface area contributed by atoms with Crippen LogP contribution in [0.15, 0.2) is 30.4 Å². The molecule has 3 fully saturated rings. The molecular weight excluding hydrogens is 332 g/mol. The fraction of sp³-hybridized carbons (Fsp3) is 0.412. The Morgan fingerprint density at radius 2 is 1.67 bits per heavy atom. The van der Waals surface area contributed by atoms with Crippen molar-refractivity contribution in [3.8, 4) is 0 Å². The van der Waals surface area contributed by atoms with Crippen molar-refractivity contribution in [1.29, 1.82) is 0 Å². The Bertz CT molecular complexity index is 815. The molecule has 1 heterocycles. The minimum atomic E-state index is -0.607. The molecule has 6 nitrogen and oxygen atoms in total. The van der Waals surface area contributed by atoms with Crippen LogP contribution in [0.2, 0.25) is 5.02 Å². The van der Waals surface area contributed by atoms with Gasteiger partial charge in [0.25, 0.3) is 5.69 Å². The summed E-state index contributed by atoms with van der Waals surface area (Å²) < 4.78 is 0. The minimum absolute atomic E-state index is 0.0109. The number of hydrogen-bond donors (Lipinski definition) is 0. The number of anilines is 1. The summed E-state index contributed by atoms with van der Waals surface area (Å²) in [6.45, 7) is 0. The third-order valence-electron chi connectivity index (χ3n) is 6.05. The van der Waals surface area contributed by atoms with Crippen molar-refractivity contribution in [2.45, 2.75) is 6.42 Å². The highest BCUT2D eigenvalue weighted by atomic mass is 35.5. The van der Waals surface area contributed by atoms with E-state index in [4.69, 9.17) is 11.6 Å². The molecule has 7 heteroatoms. The number of rotatable bonds is 2. The first-order valence-corrected chi connectivity index (χ1v) is 8.37. The number of nitrogens with zero attached hydrogens (tertiary/aromatic N) is 2. The van der Waals surface area contributed by atoms with Crippen LogP contribution < -0.4 is 4.90 Å². The van der Waals surface area contributed by atoms with Crippen molar-refractivity contribution in [1.82, 2.24) is 0 Å². The zero-order valence-corrected chi connectivity index (χ0v) is 13.2. The summed E-state index contributed by atoms with van der Waals surface area (Å²) in [6.07, 6.45) is 5.29. The molecule has 2 amide bonds. The number of benzene rings is 1. The first kappa shape index (κ1) is 14.2. The summed E-state index contributed by atoms with van der Waals surface area (Å²) in [6, 6.07) is 4.08. The highest BCUT2D eigenvalue weighted by Crippen LogP contribution is 2.65. The van der Waals surface area contributed by atoms with Gasteiger partial charge in [0.1, 0.15) is 5.02 Å². The van der Waals surface area contributed by atoms with Crippen molar-refractivity contribution < 1.29 is 14.5 Å². The average Bonchev–Trinajstić information content (AvgIpc) is 3.33. The quantitative estimate of drug-likeness (QED) is 0.357.